The first-order valence-electron chi connectivity index (χ1n) is 7.63. The van der Waals surface area contributed by atoms with E-state index < -0.39 is 5.60 Å². The van der Waals surface area contributed by atoms with Crippen LogP contribution in [0.2, 0.25) is 5.02 Å². The van der Waals surface area contributed by atoms with Gasteiger partial charge >= 0.3 is 0 Å². The van der Waals surface area contributed by atoms with E-state index in [0.29, 0.717) is 44.5 Å². The molecule has 140 valence electrons. The van der Waals surface area contributed by atoms with E-state index in [2.05, 4.69) is 10.2 Å². The van der Waals surface area contributed by atoms with Gasteiger partial charge in [0.05, 0.1) is 19.8 Å². The van der Waals surface area contributed by atoms with E-state index in [4.69, 9.17) is 21.1 Å². The summed E-state index contributed by atoms with van der Waals surface area (Å²) in [7, 11) is 1.97. The number of aliphatic hydroxyl groups is 1. The third-order valence-electron chi connectivity index (χ3n) is 3.57. The standard InChI is InChI=1S/C16H25ClN2O3.2ClH/c1-3-22-15-5-4-14(17)8-13(15)9-19(2)11-16(20)10-18-6-7-21-12-16;;/h4-5,8,18,20H,3,6-7,9-12H2,1-2H3;2*1H. The molecule has 1 unspecified atom stereocenters. The lowest BCUT2D eigenvalue weighted by atomic mass is 10.0. The van der Waals surface area contributed by atoms with Crippen molar-refractivity contribution in [3.63, 3.8) is 0 Å². The second kappa shape index (κ2) is 11.4. The first kappa shape index (κ1) is 23.7. The Morgan fingerprint density at radius 1 is 1.42 bits per heavy atom. The van der Waals surface area contributed by atoms with E-state index >= 15 is 0 Å². The zero-order valence-electron chi connectivity index (χ0n) is 14.1. The van der Waals surface area contributed by atoms with E-state index in [9.17, 15) is 5.11 Å². The minimum atomic E-state index is -0.879. The quantitative estimate of drug-likeness (QED) is 0.766. The van der Waals surface area contributed by atoms with Gasteiger partial charge in [-0.05, 0) is 32.2 Å². The highest BCUT2D eigenvalue weighted by Gasteiger charge is 2.30. The van der Waals surface area contributed by atoms with Crippen LogP contribution < -0.4 is 10.1 Å². The summed E-state index contributed by atoms with van der Waals surface area (Å²) in [4.78, 5) is 2.06. The molecule has 1 aromatic carbocycles. The van der Waals surface area contributed by atoms with Crippen molar-refractivity contribution in [3.8, 4) is 5.75 Å². The summed E-state index contributed by atoms with van der Waals surface area (Å²) in [6.45, 7) is 6.02. The average Bonchev–Trinajstić information content (AvgIpc) is 2.66. The molecule has 8 heteroatoms. The number of hydrogen-bond donors (Lipinski definition) is 2. The minimum absolute atomic E-state index is 0. The summed E-state index contributed by atoms with van der Waals surface area (Å²) in [5.74, 6) is 0.834. The van der Waals surface area contributed by atoms with Crippen molar-refractivity contribution >= 4 is 36.4 Å². The van der Waals surface area contributed by atoms with Crippen LogP contribution in [0.5, 0.6) is 5.75 Å². The van der Waals surface area contributed by atoms with Crippen molar-refractivity contribution in [2.75, 3.05) is 46.5 Å². The van der Waals surface area contributed by atoms with Gasteiger partial charge in [0.15, 0.2) is 0 Å². The Morgan fingerprint density at radius 2 is 2.17 bits per heavy atom. The van der Waals surface area contributed by atoms with Crippen LogP contribution in [0, 0.1) is 0 Å². The third kappa shape index (κ3) is 7.31. The Hall–Kier alpha value is -0.270. The number of ether oxygens (including phenoxy) is 2. The molecule has 0 bridgehead atoms. The van der Waals surface area contributed by atoms with Crippen molar-refractivity contribution in [3.05, 3.63) is 28.8 Å². The molecule has 1 atom stereocenters. The molecular weight excluding hydrogens is 375 g/mol. The summed E-state index contributed by atoms with van der Waals surface area (Å²) in [6.07, 6.45) is 0. The van der Waals surface area contributed by atoms with E-state index in [1.165, 1.54) is 0 Å². The van der Waals surface area contributed by atoms with E-state index in [-0.39, 0.29) is 24.8 Å². The Kier molecular flexibility index (Phi) is 11.2. The zero-order valence-corrected chi connectivity index (χ0v) is 16.5. The van der Waals surface area contributed by atoms with Crippen LogP contribution >= 0.6 is 36.4 Å². The van der Waals surface area contributed by atoms with Crippen LogP contribution in [0.15, 0.2) is 18.2 Å². The van der Waals surface area contributed by atoms with Gasteiger partial charge in [0.25, 0.3) is 0 Å². The molecule has 24 heavy (non-hydrogen) atoms. The van der Waals surface area contributed by atoms with Gasteiger partial charge in [-0.25, -0.2) is 0 Å². The van der Waals surface area contributed by atoms with Crippen LogP contribution in [0.4, 0.5) is 0 Å². The van der Waals surface area contributed by atoms with Crippen molar-refractivity contribution in [1.29, 1.82) is 0 Å². The van der Waals surface area contributed by atoms with Crippen LogP contribution in [0.3, 0.4) is 0 Å². The molecule has 1 fully saturated rings. The summed E-state index contributed by atoms with van der Waals surface area (Å²) < 4.78 is 11.1. The smallest absolute Gasteiger partial charge is 0.123 e. The third-order valence-corrected chi connectivity index (χ3v) is 3.81. The number of halogens is 3. The maximum atomic E-state index is 10.6. The van der Waals surface area contributed by atoms with Crippen LogP contribution in [0.1, 0.15) is 12.5 Å². The molecule has 2 N–H and O–H groups in total. The first-order valence-corrected chi connectivity index (χ1v) is 8.01. The van der Waals surface area contributed by atoms with Gasteiger partial charge in [0.1, 0.15) is 11.4 Å². The summed E-state index contributed by atoms with van der Waals surface area (Å²) in [6, 6.07) is 5.63. The highest BCUT2D eigenvalue weighted by atomic mass is 35.5. The van der Waals surface area contributed by atoms with Gasteiger partial charge in [-0.1, -0.05) is 11.6 Å². The van der Waals surface area contributed by atoms with Gasteiger partial charge in [-0.3, -0.25) is 4.90 Å². The molecule has 0 aromatic heterocycles. The summed E-state index contributed by atoms with van der Waals surface area (Å²) in [5.41, 5.74) is 0.137. The highest BCUT2D eigenvalue weighted by Crippen LogP contribution is 2.24. The maximum Gasteiger partial charge on any atom is 0.123 e. The van der Waals surface area contributed by atoms with Crippen molar-refractivity contribution in [2.45, 2.75) is 19.1 Å². The van der Waals surface area contributed by atoms with Crippen molar-refractivity contribution < 1.29 is 14.6 Å². The lowest BCUT2D eigenvalue weighted by Gasteiger charge is -2.31. The number of nitrogens with one attached hydrogen (secondary N) is 1. The molecular formula is C16H27Cl3N2O3. The molecule has 0 spiro atoms. The molecule has 0 radical (unpaired) electrons. The van der Waals surface area contributed by atoms with Gasteiger partial charge in [-0.15, -0.1) is 24.8 Å². The fourth-order valence-corrected chi connectivity index (χ4v) is 2.89. The monoisotopic (exact) mass is 400 g/mol. The Bertz CT molecular complexity index is 484. The topological polar surface area (TPSA) is 54.0 Å². The van der Waals surface area contributed by atoms with E-state index in [1.54, 1.807) is 0 Å². The molecule has 1 saturated heterocycles. The zero-order chi connectivity index (χ0) is 16.0. The second-order valence-electron chi connectivity index (χ2n) is 5.81. The molecule has 5 nitrogen and oxygen atoms in total. The fourth-order valence-electron chi connectivity index (χ4n) is 2.70. The lowest BCUT2D eigenvalue weighted by molar-refractivity contribution is -0.0462. The largest absolute Gasteiger partial charge is 0.494 e. The SMILES string of the molecule is CCOc1ccc(Cl)cc1CN(C)CC1(O)CNCCOC1.Cl.Cl. The molecule has 1 aliphatic rings. The molecule has 0 saturated carbocycles. The van der Waals surface area contributed by atoms with Crippen molar-refractivity contribution in [1.82, 2.24) is 10.2 Å². The maximum absolute atomic E-state index is 10.6. The normalized spacial score (nSPS) is 20.7. The molecule has 1 aromatic rings. The number of benzene rings is 1. The Labute approximate surface area is 161 Å². The van der Waals surface area contributed by atoms with Crippen LogP contribution in [-0.2, 0) is 11.3 Å². The second-order valence-corrected chi connectivity index (χ2v) is 6.25. The van der Waals surface area contributed by atoms with Gasteiger partial charge in [0.2, 0.25) is 0 Å². The molecule has 0 aliphatic carbocycles. The van der Waals surface area contributed by atoms with Crippen LogP contribution in [-0.4, -0.2) is 62.1 Å². The average molecular weight is 402 g/mol. The highest BCUT2D eigenvalue weighted by molar-refractivity contribution is 6.30. The van der Waals surface area contributed by atoms with E-state index in [1.807, 2.05) is 32.2 Å². The molecule has 2 rings (SSSR count). The predicted molar refractivity (Wildman–Crippen MR) is 102 cm³/mol. The number of hydrogen-bond acceptors (Lipinski definition) is 5. The van der Waals surface area contributed by atoms with E-state index in [0.717, 1.165) is 17.9 Å². The van der Waals surface area contributed by atoms with Crippen LogP contribution in [0.25, 0.3) is 0 Å². The molecule has 1 aliphatic heterocycles. The van der Waals surface area contributed by atoms with Gasteiger partial charge in [0, 0.05) is 36.8 Å². The lowest BCUT2D eigenvalue weighted by Crippen LogP contribution is -2.50. The Morgan fingerprint density at radius 3 is 2.88 bits per heavy atom. The van der Waals surface area contributed by atoms with Gasteiger partial charge in [-0.2, -0.15) is 0 Å². The van der Waals surface area contributed by atoms with Crippen molar-refractivity contribution in [2.24, 2.45) is 0 Å². The number of likely N-dealkylation sites (N-methyl/N-ethyl adjacent to an activating group) is 1. The number of nitrogens with zero attached hydrogens (tertiary/aromatic N) is 1. The number of β-amino-alcohol motifs (C(OH)–C–C–N with tert-alkyl or cyclic N) is 1. The minimum Gasteiger partial charge on any atom is -0.494 e. The number of rotatable bonds is 6. The van der Waals surface area contributed by atoms with Gasteiger partial charge < -0.3 is 19.9 Å². The summed E-state index contributed by atoms with van der Waals surface area (Å²) >= 11 is 6.09. The predicted octanol–water partition coefficient (Wildman–Crippen LogP) is 2.37. The fraction of sp³-hybridized carbons (Fsp3) is 0.625. The summed E-state index contributed by atoms with van der Waals surface area (Å²) in [5, 5.41) is 14.5. The first-order chi connectivity index (χ1) is 10.5. The molecule has 1 heterocycles. The molecule has 0 amide bonds. The Balaban J connectivity index is 0.00000264.